The number of fused-ring (bicyclic) bond motifs is 3. The van der Waals surface area contributed by atoms with Crippen LogP contribution in [0.4, 0.5) is 0 Å². The van der Waals surface area contributed by atoms with Crippen LogP contribution >= 0.6 is 0 Å². The smallest absolute Gasteiger partial charge is 0.0194 e. The van der Waals surface area contributed by atoms with Crippen molar-refractivity contribution in [1.29, 1.82) is 0 Å². The molecule has 2 aromatic carbocycles. The summed E-state index contributed by atoms with van der Waals surface area (Å²) < 4.78 is 5.75. The molecule has 0 bridgehead atoms. The van der Waals surface area contributed by atoms with Crippen LogP contribution in [0.1, 0.15) is 33.7 Å². The molecule has 0 heterocycles. The van der Waals surface area contributed by atoms with Crippen LogP contribution in [0, 0.1) is 0 Å². The Hall–Kier alpha value is -1.56. The van der Waals surface area contributed by atoms with E-state index < -0.39 is 0 Å². The van der Waals surface area contributed by atoms with Crippen molar-refractivity contribution in [3.05, 3.63) is 59.7 Å². The summed E-state index contributed by atoms with van der Waals surface area (Å²) >= 11 is 0. The predicted molar refractivity (Wildman–Crippen MR) is 72.8 cm³/mol. The summed E-state index contributed by atoms with van der Waals surface area (Å²) in [6, 6.07) is 17.3. The number of benzene rings is 2. The first-order chi connectivity index (χ1) is 8.45. The first kappa shape index (κ1) is 10.9. The zero-order chi connectivity index (χ0) is 12.7. The Balaban J connectivity index is 0.000000330. The molecule has 1 aliphatic carbocycles. The number of hydrogen-bond donors (Lipinski definition) is 0. The SMILES string of the molecule is CC.[2H]C.c1ccc2c(c1)Cc1ccccc1-2. The van der Waals surface area contributed by atoms with Gasteiger partial charge in [0.25, 0.3) is 0 Å². The van der Waals surface area contributed by atoms with Gasteiger partial charge in [0.1, 0.15) is 0 Å². The van der Waals surface area contributed by atoms with Crippen molar-refractivity contribution in [1.82, 2.24) is 0 Å². The third-order valence-corrected chi connectivity index (χ3v) is 2.71. The molecule has 0 fully saturated rings. The highest BCUT2D eigenvalue weighted by molar-refractivity contribution is 5.76. The lowest BCUT2D eigenvalue weighted by Gasteiger charge is -1.98. The van der Waals surface area contributed by atoms with E-state index in [4.69, 9.17) is 1.37 Å². The molecule has 0 unspecified atom stereocenters. The Morgan fingerprint density at radius 1 is 0.812 bits per heavy atom. The predicted octanol–water partition coefficient (Wildman–Crippen LogP) is 4.92. The highest BCUT2D eigenvalue weighted by Gasteiger charge is 2.15. The van der Waals surface area contributed by atoms with Gasteiger partial charge in [0, 0.05) is 1.37 Å². The van der Waals surface area contributed by atoms with E-state index in [0.717, 1.165) is 6.42 Å². The van der Waals surface area contributed by atoms with Gasteiger partial charge in [-0.3, -0.25) is 0 Å². The average Bonchev–Trinajstić information content (AvgIpc) is 2.82. The maximum absolute atomic E-state index is 5.75. The topological polar surface area (TPSA) is 0 Å². The van der Waals surface area contributed by atoms with E-state index >= 15 is 0 Å². The van der Waals surface area contributed by atoms with Crippen LogP contribution in [0.2, 0.25) is 0 Å². The molecule has 0 saturated heterocycles. The van der Waals surface area contributed by atoms with Gasteiger partial charge in [0.15, 0.2) is 0 Å². The standard InChI is InChI=1S/C13H10.C2H6.CH4/c1-3-7-12-10(5-1)9-11-6-2-4-8-13(11)12;1-2;/h1-8H,9H2;1-2H3;1H4/i;;1D. The largest absolute Gasteiger partial charge is 0.0776 e. The van der Waals surface area contributed by atoms with E-state index in [1.807, 2.05) is 13.8 Å². The molecule has 0 radical (unpaired) electrons. The second-order valence-electron chi connectivity index (χ2n) is 3.49. The van der Waals surface area contributed by atoms with Gasteiger partial charge in [-0.1, -0.05) is 69.8 Å². The van der Waals surface area contributed by atoms with Gasteiger partial charge in [0.05, 0.1) is 0 Å². The van der Waals surface area contributed by atoms with Crippen molar-refractivity contribution in [3.8, 4) is 11.1 Å². The quantitative estimate of drug-likeness (QED) is 0.497. The molecule has 1 aliphatic rings. The van der Waals surface area contributed by atoms with E-state index in [0.29, 0.717) is 0 Å². The highest BCUT2D eigenvalue weighted by atomic mass is 14.2. The molecule has 0 amide bonds. The lowest BCUT2D eigenvalue weighted by atomic mass is 10.1. The Morgan fingerprint density at radius 3 is 1.62 bits per heavy atom. The molecule has 0 saturated carbocycles. The van der Waals surface area contributed by atoms with E-state index in [-0.39, 0.29) is 0 Å². The molecule has 0 heteroatoms. The Labute approximate surface area is 100 Å². The van der Waals surface area contributed by atoms with Crippen molar-refractivity contribution in [2.24, 2.45) is 0 Å². The monoisotopic (exact) mass is 213 g/mol. The van der Waals surface area contributed by atoms with Gasteiger partial charge in [-0.2, -0.15) is 0 Å². The van der Waals surface area contributed by atoms with Crippen LogP contribution in [-0.4, -0.2) is 0 Å². The van der Waals surface area contributed by atoms with Gasteiger partial charge in [-0.05, 0) is 28.7 Å². The summed E-state index contributed by atoms with van der Waals surface area (Å²) in [4.78, 5) is 0. The maximum atomic E-state index is 5.75. The molecular formula is C16H20. The van der Waals surface area contributed by atoms with Crippen LogP contribution in [0.5, 0.6) is 0 Å². The average molecular weight is 213 g/mol. The second-order valence-corrected chi connectivity index (χ2v) is 3.49. The Kier molecular flexibility index (Phi) is 3.76. The van der Waals surface area contributed by atoms with Gasteiger partial charge in [-0.15, -0.1) is 0 Å². The van der Waals surface area contributed by atoms with E-state index in [1.54, 1.807) is 0 Å². The van der Waals surface area contributed by atoms with Crippen molar-refractivity contribution in [2.75, 3.05) is 0 Å². The molecule has 2 aromatic rings. The maximum Gasteiger partial charge on any atom is 0.0194 e. The summed E-state index contributed by atoms with van der Waals surface area (Å²) in [6.45, 7) is 4.00. The van der Waals surface area contributed by atoms with Crippen molar-refractivity contribution in [3.63, 3.8) is 0 Å². The molecule has 16 heavy (non-hydrogen) atoms. The first-order valence-corrected chi connectivity index (χ1v) is 5.61. The van der Waals surface area contributed by atoms with Gasteiger partial charge in [0.2, 0.25) is 0 Å². The molecule has 0 atom stereocenters. The number of rotatable bonds is 0. The normalized spacial score (nSPS) is 10.8. The molecule has 0 aliphatic heterocycles. The fourth-order valence-corrected chi connectivity index (χ4v) is 2.08. The minimum Gasteiger partial charge on any atom is -0.0776 e. The van der Waals surface area contributed by atoms with Crippen molar-refractivity contribution in [2.45, 2.75) is 27.7 Å². The molecule has 3 rings (SSSR count). The van der Waals surface area contributed by atoms with Crippen LogP contribution in [0.15, 0.2) is 48.5 Å². The molecule has 0 N–H and O–H groups in total. The van der Waals surface area contributed by atoms with Gasteiger partial charge < -0.3 is 0 Å². The second kappa shape index (κ2) is 5.50. The van der Waals surface area contributed by atoms with Gasteiger partial charge in [-0.25, -0.2) is 0 Å². The molecule has 84 valence electrons. The van der Waals surface area contributed by atoms with Crippen molar-refractivity contribution >= 4 is 0 Å². The molecule has 0 spiro atoms. The molecule has 0 nitrogen and oxygen atoms in total. The van der Waals surface area contributed by atoms with Crippen LogP contribution in [0.25, 0.3) is 11.1 Å². The summed E-state index contributed by atoms with van der Waals surface area (Å²) in [5.41, 5.74) is 5.75. The third-order valence-electron chi connectivity index (χ3n) is 2.71. The van der Waals surface area contributed by atoms with E-state index in [2.05, 4.69) is 48.5 Å². The first-order valence-electron chi connectivity index (χ1n) is 6.61. The summed E-state index contributed by atoms with van der Waals surface area (Å²) in [6.07, 6.45) is 1.10. The molecule has 0 aromatic heterocycles. The minimum atomic E-state index is 1.10. The third kappa shape index (κ3) is 2.01. The summed E-state index contributed by atoms with van der Waals surface area (Å²) in [5, 5.41) is 0. The number of hydrogen-bond acceptors (Lipinski definition) is 0. The lowest BCUT2D eigenvalue weighted by Crippen LogP contribution is -1.77. The highest BCUT2D eigenvalue weighted by Crippen LogP contribution is 2.35. The zero-order valence-electron chi connectivity index (χ0n) is 11.3. The van der Waals surface area contributed by atoms with Crippen LogP contribution in [0.3, 0.4) is 0 Å². The molecular weight excluding hydrogens is 192 g/mol. The summed E-state index contributed by atoms with van der Waals surface area (Å²) in [5.74, 6) is 0. The lowest BCUT2D eigenvalue weighted by molar-refractivity contribution is 1.26. The Morgan fingerprint density at radius 2 is 1.19 bits per heavy atom. The fraction of sp³-hybridized carbons (Fsp3) is 0.250. The zero-order valence-corrected chi connectivity index (χ0v) is 10.3. The van der Waals surface area contributed by atoms with E-state index in [1.165, 1.54) is 29.7 Å². The minimum absolute atomic E-state index is 1.10. The van der Waals surface area contributed by atoms with Crippen LogP contribution in [-0.2, 0) is 6.42 Å². The van der Waals surface area contributed by atoms with E-state index in [9.17, 15) is 0 Å². The van der Waals surface area contributed by atoms with Crippen LogP contribution < -0.4 is 0 Å². The fourth-order valence-electron chi connectivity index (χ4n) is 2.08. The summed E-state index contributed by atoms with van der Waals surface area (Å²) in [7, 11) is 1.25. The van der Waals surface area contributed by atoms with Crippen molar-refractivity contribution < 1.29 is 1.37 Å². The Bertz CT molecular complexity index is 417. The van der Waals surface area contributed by atoms with Gasteiger partial charge >= 0.3 is 0 Å².